The van der Waals surface area contributed by atoms with Crippen LogP contribution in [0.3, 0.4) is 0 Å². The lowest BCUT2D eigenvalue weighted by molar-refractivity contribution is 0.0820. The monoisotopic (exact) mass is 475 g/mol. The number of hydrogen-bond donors (Lipinski definition) is 0. The van der Waals surface area contributed by atoms with Gasteiger partial charge < -0.3 is 19.1 Å². The molecule has 3 aromatic carbocycles. The minimum atomic E-state index is -0.232. The van der Waals surface area contributed by atoms with E-state index in [1.165, 1.54) is 5.56 Å². The molecule has 2 fully saturated rings. The molecule has 1 amide bonds. The zero-order chi connectivity index (χ0) is 23.1. The molecular formula is C28H26ClNO4. The van der Waals surface area contributed by atoms with Crippen molar-refractivity contribution >= 4 is 17.7 Å². The molecule has 3 aliphatic rings. The molecule has 5 nitrogen and oxygen atoms in total. The summed E-state index contributed by atoms with van der Waals surface area (Å²) in [5.74, 6) is 2.05. The Morgan fingerprint density at radius 1 is 1.06 bits per heavy atom. The Kier molecular flexibility index (Phi) is 5.37. The maximum Gasteiger partial charge on any atom is 0.410 e. The molecule has 6 heteroatoms. The van der Waals surface area contributed by atoms with E-state index >= 15 is 0 Å². The van der Waals surface area contributed by atoms with Crippen molar-refractivity contribution < 1.29 is 19.0 Å². The van der Waals surface area contributed by atoms with E-state index in [-0.39, 0.29) is 17.6 Å². The Hall–Kier alpha value is -3.18. The lowest BCUT2D eigenvalue weighted by Gasteiger charge is -2.34. The summed E-state index contributed by atoms with van der Waals surface area (Å²) in [5, 5.41) is 0.706. The summed E-state index contributed by atoms with van der Waals surface area (Å²) < 4.78 is 18.2. The minimum Gasteiger partial charge on any atom is -0.485 e. The van der Waals surface area contributed by atoms with Crippen LogP contribution in [0.5, 0.6) is 11.5 Å². The average molecular weight is 476 g/mol. The van der Waals surface area contributed by atoms with E-state index in [4.69, 9.17) is 25.8 Å². The Bertz CT molecular complexity index is 1200. The number of para-hydroxylation sites is 1. The number of rotatable bonds is 4. The van der Waals surface area contributed by atoms with Crippen molar-refractivity contribution in [3.05, 3.63) is 94.5 Å². The Morgan fingerprint density at radius 3 is 2.68 bits per heavy atom. The zero-order valence-corrected chi connectivity index (χ0v) is 19.5. The summed E-state index contributed by atoms with van der Waals surface area (Å²) in [6.07, 6.45) is 1.56. The van der Waals surface area contributed by atoms with Crippen LogP contribution in [0.1, 0.15) is 35.6 Å². The van der Waals surface area contributed by atoms with E-state index in [1.807, 2.05) is 71.6 Å². The van der Waals surface area contributed by atoms with Gasteiger partial charge >= 0.3 is 6.09 Å². The summed E-state index contributed by atoms with van der Waals surface area (Å²) >= 11 is 6.03. The van der Waals surface area contributed by atoms with Crippen molar-refractivity contribution in [2.24, 2.45) is 5.92 Å². The van der Waals surface area contributed by atoms with Gasteiger partial charge in [-0.05, 0) is 48.1 Å². The fourth-order valence-electron chi connectivity index (χ4n) is 5.40. The second-order valence-electron chi connectivity index (χ2n) is 9.40. The number of fused-ring (bicyclic) bond motifs is 2. The molecule has 1 saturated carbocycles. The number of carbonyl (C=O) groups is 1. The molecule has 2 heterocycles. The highest BCUT2D eigenvalue weighted by atomic mass is 35.5. The van der Waals surface area contributed by atoms with Gasteiger partial charge in [-0.25, -0.2) is 4.79 Å². The Morgan fingerprint density at radius 2 is 1.88 bits per heavy atom. The predicted octanol–water partition coefficient (Wildman–Crippen LogP) is 6.15. The van der Waals surface area contributed by atoms with Crippen LogP contribution < -0.4 is 9.47 Å². The van der Waals surface area contributed by atoms with Crippen LogP contribution in [0.2, 0.25) is 5.02 Å². The molecule has 174 valence electrons. The van der Waals surface area contributed by atoms with Gasteiger partial charge in [0, 0.05) is 29.1 Å². The molecule has 0 radical (unpaired) electrons. The number of nitrogens with zero attached hydrogens (tertiary/aromatic N) is 1. The van der Waals surface area contributed by atoms with E-state index in [9.17, 15) is 4.79 Å². The third kappa shape index (κ3) is 3.88. The number of hydrogen-bond acceptors (Lipinski definition) is 4. The summed E-state index contributed by atoms with van der Waals surface area (Å²) in [4.78, 5) is 14.5. The Balaban J connectivity index is 1.13. The highest BCUT2D eigenvalue weighted by molar-refractivity contribution is 6.30. The third-order valence-corrected chi connectivity index (χ3v) is 7.62. The van der Waals surface area contributed by atoms with Gasteiger partial charge in [0.15, 0.2) is 17.6 Å². The first kappa shape index (κ1) is 21.4. The lowest BCUT2D eigenvalue weighted by atomic mass is 9.86. The van der Waals surface area contributed by atoms with Gasteiger partial charge in [0.2, 0.25) is 0 Å². The molecular weight excluding hydrogens is 450 g/mol. The fourth-order valence-corrected chi connectivity index (χ4v) is 5.52. The van der Waals surface area contributed by atoms with Crippen LogP contribution in [0, 0.1) is 5.92 Å². The smallest absolute Gasteiger partial charge is 0.410 e. The standard InChI is InChI=1S/C28H26ClNO4/c29-22-11-9-20(10-12-22)25-18-32-26-23(7-4-8-24(26)34-25)28-13-14-30(16-21(28)15-28)27(31)33-17-19-5-2-1-3-6-19/h1-12,21,25H,13-18H2/t21?,25-,28?/m0/s1. The number of ether oxygens (including phenoxy) is 3. The topological polar surface area (TPSA) is 48.0 Å². The van der Waals surface area contributed by atoms with E-state index < -0.39 is 0 Å². The van der Waals surface area contributed by atoms with Crippen molar-refractivity contribution in [1.29, 1.82) is 0 Å². The summed E-state index contributed by atoms with van der Waals surface area (Å²) in [7, 11) is 0. The Labute approximate surface area is 204 Å². The van der Waals surface area contributed by atoms with Gasteiger partial charge in [-0.1, -0.05) is 66.2 Å². The van der Waals surface area contributed by atoms with E-state index in [0.29, 0.717) is 37.2 Å². The van der Waals surface area contributed by atoms with Crippen molar-refractivity contribution in [3.8, 4) is 11.5 Å². The normalized spacial score (nSPS) is 24.8. The summed E-state index contributed by atoms with van der Waals surface area (Å²) in [5.41, 5.74) is 3.31. The number of amides is 1. The molecule has 3 aromatic rings. The highest BCUT2D eigenvalue weighted by Crippen LogP contribution is 2.62. The average Bonchev–Trinajstić information content (AvgIpc) is 3.62. The second kappa shape index (κ2) is 8.55. The molecule has 2 aliphatic heterocycles. The first-order valence-corrected chi connectivity index (χ1v) is 12.1. The van der Waals surface area contributed by atoms with Gasteiger partial charge in [-0.3, -0.25) is 0 Å². The lowest BCUT2D eigenvalue weighted by Crippen LogP contribution is -2.41. The SMILES string of the molecule is O=C(OCc1ccccc1)N1CCC2(c3cccc4c3OC[C@@H](c3ccc(Cl)cc3)O4)CC2C1. The number of carbonyl (C=O) groups excluding carboxylic acids is 1. The van der Waals surface area contributed by atoms with Gasteiger partial charge in [0.1, 0.15) is 13.2 Å². The van der Waals surface area contributed by atoms with Crippen LogP contribution >= 0.6 is 11.6 Å². The summed E-state index contributed by atoms with van der Waals surface area (Å²) in [6.45, 7) is 2.16. The van der Waals surface area contributed by atoms with Gasteiger partial charge in [-0.2, -0.15) is 0 Å². The van der Waals surface area contributed by atoms with E-state index in [0.717, 1.165) is 35.5 Å². The van der Waals surface area contributed by atoms with Crippen molar-refractivity contribution in [2.75, 3.05) is 19.7 Å². The fraction of sp³-hybridized carbons (Fsp3) is 0.321. The quantitative estimate of drug-likeness (QED) is 0.454. The van der Waals surface area contributed by atoms with Crippen LogP contribution in [0.15, 0.2) is 72.8 Å². The third-order valence-electron chi connectivity index (χ3n) is 7.37. The predicted molar refractivity (Wildman–Crippen MR) is 129 cm³/mol. The first-order valence-electron chi connectivity index (χ1n) is 11.8. The van der Waals surface area contributed by atoms with Crippen LogP contribution in [0.4, 0.5) is 4.79 Å². The number of piperidine rings is 1. The maximum atomic E-state index is 12.7. The van der Waals surface area contributed by atoms with E-state index in [1.54, 1.807) is 0 Å². The molecule has 0 N–H and O–H groups in total. The van der Waals surface area contributed by atoms with Crippen molar-refractivity contribution in [1.82, 2.24) is 4.90 Å². The van der Waals surface area contributed by atoms with Gasteiger partial charge in [0.05, 0.1) is 0 Å². The molecule has 6 rings (SSSR count). The number of benzene rings is 3. The van der Waals surface area contributed by atoms with Crippen LogP contribution in [0.25, 0.3) is 0 Å². The van der Waals surface area contributed by atoms with Crippen molar-refractivity contribution in [3.63, 3.8) is 0 Å². The molecule has 2 unspecified atom stereocenters. The molecule has 3 atom stereocenters. The van der Waals surface area contributed by atoms with E-state index in [2.05, 4.69) is 6.07 Å². The molecule has 1 aliphatic carbocycles. The maximum absolute atomic E-state index is 12.7. The second-order valence-corrected chi connectivity index (χ2v) is 9.83. The molecule has 34 heavy (non-hydrogen) atoms. The summed E-state index contributed by atoms with van der Waals surface area (Å²) in [6, 6.07) is 23.7. The molecule has 0 bridgehead atoms. The molecule has 0 aromatic heterocycles. The molecule has 1 saturated heterocycles. The van der Waals surface area contributed by atoms with Crippen LogP contribution in [-0.2, 0) is 16.8 Å². The number of likely N-dealkylation sites (tertiary alicyclic amines) is 1. The van der Waals surface area contributed by atoms with Gasteiger partial charge in [-0.15, -0.1) is 0 Å². The minimum absolute atomic E-state index is 0.0536. The zero-order valence-electron chi connectivity index (χ0n) is 18.8. The first-order chi connectivity index (χ1) is 16.6. The van der Waals surface area contributed by atoms with Crippen LogP contribution in [-0.4, -0.2) is 30.7 Å². The van der Waals surface area contributed by atoms with Gasteiger partial charge in [0.25, 0.3) is 0 Å². The van der Waals surface area contributed by atoms with Crippen molar-refractivity contribution in [2.45, 2.75) is 31.0 Å². The largest absolute Gasteiger partial charge is 0.485 e. The number of halogens is 1. The molecule has 0 spiro atoms. The highest BCUT2D eigenvalue weighted by Gasteiger charge is 2.59.